The maximum Gasteiger partial charge on any atom is 0.339 e. The van der Waals surface area contributed by atoms with E-state index in [4.69, 9.17) is 14.3 Å². The predicted octanol–water partition coefficient (Wildman–Crippen LogP) is 3.30. The first-order valence-electron chi connectivity index (χ1n) is 6.40. The van der Waals surface area contributed by atoms with Crippen LogP contribution in [0.25, 0.3) is 0 Å². The summed E-state index contributed by atoms with van der Waals surface area (Å²) in [4.78, 5) is 10.9. The van der Waals surface area contributed by atoms with Crippen molar-refractivity contribution in [3.8, 4) is 5.75 Å². The largest absolute Gasteiger partial charge is 0.492 e. The van der Waals surface area contributed by atoms with Gasteiger partial charge in [0, 0.05) is 0 Å². The van der Waals surface area contributed by atoms with Crippen LogP contribution in [0.1, 0.15) is 28.8 Å². The van der Waals surface area contributed by atoms with E-state index >= 15 is 0 Å². The van der Waals surface area contributed by atoms with Crippen LogP contribution in [0.2, 0.25) is 0 Å². The summed E-state index contributed by atoms with van der Waals surface area (Å²) in [7, 11) is 0. The lowest BCUT2D eigenvalue weighted by Gasteiger charge is -2.10. The van der Waals surface area contributed by atoms with Crippen LogP contribution in [0.5, 0.6) is 5.75 Å². The van der Waals surface area contributed by atoms with Gasteiger partial charge in [-0.3, -0.25) is 0 Å². The molecule has 0 fully saturated rings. The van der Waals surface area contributed by atoms with Gasteiger partial charge in [0.1, 0.15) is 22.8 Å². The van der Waals surface area contributed by atoms with Gasteiger partial charge in [0.15, 0.2) is 0 Å². The van der Waals surface area contributed by atoms with Crippen molar-refractivity contribution in [3.63, 3.8) is 0 Å². The third-order valence-corrected chi connectivity index (χ3v) is 2.84. The van der Waals surface area contributed by atoms with Crippen LogP contribution in [0, 0.1) is 6.92 Å². The highest BCUT2D eigenvalue weighted by molar-refractivity contribution is 5.88. The van der Waals surface area contributed by atoms with Crippen LogP contribution in [-0.4, -0.2) is 17.7 Å². The zero-order chi connectivity index (χ0) is 14.5. The smallest absolute Gasteiger partial charge is 0.339 e. The number of anilines is 1. The Balaban J connectivity index is 2.09. The molecule has 0 saturated heterocycles. The number of para-hydroxylation sites is 2. The zero-order valence-electron chi connectivity index (χ0n) is 11.5. The number of ether oxygens (including phenoxy) is 1. The van der Waals surface area contributed by atoms with Crippen LogP contribution in [-0.2, 0) is 6.54 Å². The summed E-state index contributed by atoms with van der Waals surface area (Å²) in [5.74, 6) is 0.766. The average Bonchev–Trinajstić information content (AvgIpc) is 2.79. The standard InChI is InChI=1S/C15H17NO4/c1-3-19-14-7-5-4-6-13(14)16-9-11-8-12(15(17)18)10(2)20-11/h4-8,16H,3,9H2,1-2H3,(H,17,18). The topological polar surface area (TPSA) is 71.7 Å². The van der Waals surface area contributed by atoms with Gasteiger partial charge in [0.05, 0.1) is 18.8 Å². The van der Waals surface area contributed by atoms with Gasteiger partial charge >= 0.3 is 5.97 Å². The molecule has 20 heavy (non-hydrogen) atoms. The summed E-state index contributed by atoms with van der Waals surface area (Å²) < 4.78 is 10.9. The van der Waals surface area contributed by atoms with E-state index < -0.39 is 5.97 Å². The normalized spacial score (nSPS) is 10.3. The lowest BCUT2D eigenvalue weighted by atomic mass is 10.2. The molecule has 1 aromatic heterocycles. The van der Waals surface area contributed by atoms with Gasteiger partial charge in [0.25, 0.3) is 0 Å². The molecule has 5 nitrogen and oxygen atoms in total. The first kappa shape index (κ1) is 14.0. The molecular formula is C15H17NO4. The minimum atomic E-state index is -0.979. The number of aryl methyl sites for hydroxylation is 1. The molecule has 2 N–H and O–H groups in total. The van der Waals surface area contributed by atoms with Crippen molar-refractivity contribution < 1.29 is 19.1 Å². The number of carboxylic acid groups (broad SMARTS) is 1. The van der Waals surface area contributed by atoms with E-state index in [0.29, 0.717) is 24.7 Å². The van der Waals surface area contributed by atoms with Crippen molar-refractivity contribution in [1.29, 1.82) is 0 Å². The van der Waals surface area contributed by atoms with E-state index in [1.807, 2.05) is 31.2 Å². The Kier molecular flexibility index (Phi) is 4.30. The summed E-state index contributed by atoms with van der Waals surface area (Å²) >= 11 is 0. The van der Waals surface area contributed by atoms with Crippen LogP contribution in [0.3, 0.4) is 0 Å². The van der Waals surface area contributed by atoms with Gasteiger partial charge in [0.2, 0.25) is 0 Å². The van der Waals surface area contributed by atoms with Crippen molar-refractivity contribution in [2.75, 3.05) is 11.9 Å². The molecule has 0 radical (unpaired) electrons. The van der Waals surface area contributed by atoms with Crippen LogP contribution in [0.4, 0.5) is 5.69 Å². The Labute approximate surface area is 117 Å². The van der Waals surface area contributed by atoms with Gasteiger partial charge in [-0.15, -0.1) is 0 Å². The highest BCUT2D eigenvalue weighted by atomic mass is 16.5. The van der Waals surface area contributed by atoms with Crippen LogP contribution in [0.15, 0.2) is 34.7 Å². The fourth-order valence-electron chi connectivity index (χ4n) is 1.92. The molecule has 0 bridgehead atoms. The van der Waals surface area contributed by atoms with E-state index in [9.17, 15) is 4.79 Å². The molecule has 1 heterocycles. The molecule has 2 aromatic rings. The highest BCUT2D eigenvalue weighted by Gasteiger charge is 2.13. The zero-order valence-corrected chi connectivity index (χ0v) is 11.5. The third kappa shape index (κ3) is 3.12. The van der Waals surface area contributed by atoms with Crippen molar-refractivity contribution in [2.45, 2.75) is 20.4 Å². The number of nitrogens with one attached hydrogen (secondary N) is 1. The molecule has 0 unspecified atom stereocenters. The Morgan fingerprint density at radius 3 is 2.80 bits per heavy atom. The molecule has 0 aliphatic carbocycles. The first-order chi connectivity index (χ1) is 9.61. The number of carboxylic acids is 1. The predicted molar refractivity (Wildman–Crippen MR) is 75.3 cm³/mol. The van der Waals surface area contributed by atoms with E-state index in [2.05, 4.69) is 5.32 Å². The van der Waals surface area contributed by atoms with Crippen molar-refractivity contribution in [1.82, 2.24) is 0 Å². The number of hydrogen-bond acceptors (Lipinski definition) is 4. The quantitative estimate of drug-likeness (QED) is 0.846. The van der Waals surface area contributed by atoms with Gasteiger partial charge in [-0.25, -0.2) is 4.79 Å². The lowest BCUT2D eigenvalue weighted by molar-refractivity contribution is 0.0695. The molecule has 0 spiro atoms. The summed E-state index contributed by atoms with van der Waals surface area (Å²) in [6.07, 6.45) is 0. The third-order valence-electron chi connectivity index (χ3n) is 2.84. The van der Waals surface area contributed by atoms with Crippen molar-refractivity contribution >= 4 is 11.7 Å². The van der Waals surface area contributed by atoms with E-state index in [1.54, 1.807) is 6.92 Å². The van der Waals surface area contributed by atoms with Gasteiger partial charge in [-0.05, 0) is 32.0 Å². The van der Waals surface area contributed by atoms with E-state index in [1.165, 1.54) is 6.07 Å². The number of carbonyl (C=O) groups is 1. The monoisotopic (exact) mass is 275 g/mol. The molecule has 0 amide bonds. The summed E-state index contributed by atoms with van der Waals surface area (Å²) in [6.45, 7) is 4.55. The maximum absolute atomic E-state index is 10.9. The Hall–Kier alpha value is -2.43. The van der Waals surface area contributed by atoms with Crippen LogP contribution >= 0.6 is 0 Å². The molecule has 1 aromatic carbocycles. The number of furan rings is 1. The van der Waals surface area contributed by atoms with Gasteiger partial charge in [-0.1, -0.05) is 12.1 Å². The fourth-order valence-corrected chi connectivity index (χ4v) is 1.92. The van der Waals surface area contributed by atoms with Gasteiger partial charge in [-0.2, -0.15) is 0 Å². The average molecular weight is 275 g/mol. The summed E-state index contributed by atoms with van der Waals surface area (Å²) in [5.41, 5.74) is 1.04. The lowest BCUT2D eigenvalue weighted by Crippen LogP contribution is -2.02. The second kappa shape index (κ2) is 6.14. The second-order valence-corrected chi connectivity index (χ2v) is 4.27. The van der Waals surface area contributed by atoms with Crippen molar-refractivity contribution in [3.05, 3.63) is 47.4 Å². The second-order valence-electron chi connectivity index (χ2n) is 4.27. The Morgan fingerprint density at radius 1 is 1.40 bits per heavy atom. The molecule has 0 aliphatic heterocycles. The molecule has 106 valence electrons. The molecule has 0 atom stereocenters. The van der Waals surface area contributed by atoms with Crippen LogP contribution < -0.4 is 10.1 Å². The number of hydrogen-bond donors (Lipinski definition) is 2. The Bertz CT molecular complexity index is 604. The minimum absolute atomic E-state index is 0.194. The minimum Gasteiger partial charge on any atom is -0.492 e. The number of rotatable bonds is 6. The van der Waals surface area contributed by atoms with Crippen molar-refractivity contribution in [2.24, 2.45) is 0 Å². The summed E-state index contributed by atoms with van der Waals surface area (Å²) in [5, 5.41) is 12.2. The molecular weight excluding hydrogens is 258 g/mol. The van der Waals surface area contributed by atoms with E-state index in [0.717, 1.165) is 11.4 Å². The SMILES string of the molecule is CCOc1ccccc1NCc1cc(C(=O)O)c(C)o1. The highest BCUT2D eigenvalue weighted by Crippen LogP contribution is 2.25. The number of aromatic carboxylic acids is 1. The molecule has 2 rings (SSSR count). The van der Waals surface area contributed by atoms with Gasteiger partial charge < -0.3 is 19.6 Å². The summed E-state index contributed by atoms with van der Waals surface area (Å²) in [6, 6.07) is 9.12. The molecule has 5 heteroatoms. The molecule has 0 aliphatic rings. The fraction of sp³-hybridized carbons (Fsp3) is 0.267. The Morgan fingerprint density at radius 2 is 2.15 bits per heavy atom. The molecule has 0 saturated carbocycles. The number of benzene rings is 1. The first-order valence-corrected chi connectivity index (χ1v) is 6.40. The van der Waals surface area contributed by atoms with E-state index in [-0.39, 0.29) is 5.56 Å². The maximum atomic E-state index is 10.9.